The van der Waals surface area contributed by atoms with Gasteiger partial charge in [-0.15, -0.1) is 6.42 Å². The molecule has 3 N–H and O–H groups in total. The van der Waals surface area contributed by atoms with Crippen LogP contribution in [0, 0.1) is 24.1 Å². The Balaban J connectivity index is 1.59. The number of nitrogens with zero attached hydrogens (tertiary/aromatic N) is 3. The average molecular weight is 468 g/mol. The van der Waals surface area contributed by atoms with Crippen LogP contribution in [-0.2, 0) is 16.8 Å². The predicted molar refractivity (Wildman–Crippen MR) is 122 cm³/mol. The third kappa shape index (κ3) is 4.04. The standard InChI is InChI=1S/C23H22FN5O3S/c1-4-7-32-19-12-27-16(11-28-19)17(30)9-13-5-6-15(24)14(8-13)22(2)18-10-23(18,20(31)26-3)33-21(25)29-22/h1,5-6,8,11-12,18H,7,9-10H2,2-3H3,(H2,25,29)(H,26,31)/t18-,22+,23-/m0/s1. The lowest BCUT2D eigenvalue weighted by Crippen LogP contribution is -2.43. The second-order valence-corrected chi connectivity index (χ2v) is 9.42. The van der Waals surface area contributed by atoms with Crippen molar-refractivity contribution in [3.8, 4) is 18.2 Å². The molecule has 1 aromatic carbocycles. The molecule has 2 aromatic rings. The van der Waals surface area contributed by atoms with Crippen LogP contribution in [0.4, 0.5) is 4.39 Å². The number of thioether (sulfide) groups is 1. The molecular formula is C23H22FN5O3S. The molecule has 170 valence electrons. The van der Waals surface area contributed by atoms with E-state index in [1.165, 1.54) is 30.2 Å². The van der Waals surface area contributed by atoms with Crippen molar-refractivity contribution >= 4 is 28.6 Å². The number of halogens is 1. The summed E-state index contributed by atoms with van der Waals surface area (Å²) in [6.45, 7) is 1.83. The zero-order chi connectivity index (χ0) is 23.8. The number of hydrogen-bond donors (Lipinski definition) is 2. The maximum atomic E-state index is 15.0. The van der Waals surface area contributed by atoms with E-state index >= 15 is 0 Å². The number of rotatable bonds is 7. The lowest BCUT2D eigenvalue weighted by Gasteiger charge is -2.33. The SMILES string of the molecule is C#CCOc1cnc(C(=O)Cc2ccc(F)c([C@@]3(C)N=C(N)S[C@@]4(C(=O)NC)C[C@H]43)c2)cn1. The van der Waals surface area contributed by atoms with Gasteiger partial charge in [-0.1, -0.05) is 23.7 Å². The molecule has 0 radical (unpaired) electrons. The Kier molecular flexibility index (Phi) is 5.84. The van der Waals surface area contributed by atoms with Crippen molar-refractivity contribution in [2.75, 3.05) is 13.7 Å². The number of ketones is 1. The molecule has 1 aliphatic carbocycles. The molecule has 4 rings (SSSR count). The van der Waals surface area contributed by atoms with Gasteiger partial charge >= 0.3 is 0 Å². The third-order valence-corrected chi connectivity index (χ3v) is 7.29. The van der Waals surface area contributed by atoms with Crippen molar-refractivity contribution in [3.05, 3.63) is 53.2 Å². The van der Waals surface area contributed by atoms with Crippen molar-refractivity contribution in [1.82, 2.24) is 15.3 Å². The Labute approximate surface area is 194 Å². The highest BCUT2D eigenvalue weighted by Crippen LogP contribution is 2.66. The van der Waals surface area contributed by atoms with Crippen LogP contribution in [0.3, 0.4) is 0 Å². The number of carbonyl (C=O) groups is 2. The van der Waals surface area contributed by atoms with E-state index in [0.29, 0.717) is 17.5 Å². The van der Waals surface area contributed by atoms with Crippen molar-refractivity contribution < 1.29 is 18.7 Å². The summed E-state index contributed by atoms with van der Waals surface area (Å²) in [6, 6.07) is 4.47. The van der Waals surface area contributed by atoms with Crippen molar-refractivity contribution in [2.24, 2.45) is 16.6 Å². The second-order valence-electron chi connectivity index (χ2n) is 8.07. The summed E-state index contributed by atoms with van der Waals surface area (Å²) in [7, 11) is 1.57. The number of carbonyl (C=O) groups excluding carboxylic acids is 2. The van der Waals surface area contributed by atoms with Gasteiger partial charge in [0.1, 0.15) is 16.3 Å². The van der Waals surface area contributed by atoms with Crippen LogP contribution in [0.15, 0.2) is 35.6 Å². The van der Waals surface area contributed by atoms with Gasteiger partial charge in [-0.05, 0) is 31.0 Å². The Bertz CT molecular complexity index is 1200. The highest BCUT2D eigenvalue weighted by Gasteiger charge is 2.70. The minimum Gasteiger partial charge on any atom is -0.463 e. The highest BCUT2D eigenvalue weighted by atomic mass is 32.2. The van der Waals surface area contributed by atoms with E-state index in [-0.39, 0.29) is 47.4 Å². The molecule has 1 saturated carbocycles. The molecular weight excluding hydrogens is 445 g/mol. The number of aromatic nitrogens is 2. The maximum absolute atomic E-state index is 15.0. The number of fused-ring (bicyclic) bond motifs is 1. The molecule has 0 unspecified atom stereocenters. The number of terminal acetylenes is 1. The van der Waals surface area contributed by atoms with Gasteiger partial charge in [0.2, 0.25) is 11.8 Å². The molecule has 1 aliphatic heterocycles. The number of benzene rings is 1. The summed E-state index contributed by atoms with van der Waals surface area (Å²) in [6.07, 6.45) is 8.29. The van der Waals surface area contributed by atoms with Crippen LogP contribution in [0.1, 0.15) is 35.0 Å². The summed E-state index contributed by atoms with van der Waals surface area (Å²) in [5.41, 5.74) is 6.06. The fraction of sp³-hybridized carbons (Fsp3) is 0.348. The molecule has 1 aromatic heterocycles. The average Bonchev–Trinajstić information content (AvgIpc) is 3.55. The van der Waals surface area contributed by atoms with Crippen LogP contribution in [-0.4, -0.2) is 45.2 Å². The summed E-state index contributed by atoms with van der Waals surface area (Å²) in [4.78, 5) is 37.9. The van der Waals surface area contributed by atoms with Crippen LogP contribution in [0.5, 0.6) is 5.88 Å². The summed E-state index contributed by atoms with van der Waals surface area (Å²) < 4.78 is 19.4. The number of Topliss-reactive ketones (excluding diaryl/α,β-unsaturated/α-hetero) is 1. The second kappa shape index (κ2) is 8.48. The van der Waals surface area contributed by atoms with Gasteiger partial charge in [-0.3, -0.25) is 14.6 Å². The van der Waals surface area contributed by atoms with Crippen molar-refractivity contribution in [2.45, 2.75) is 30.1 Å². The van der Waals surface area contributed by atoms with E-state index in [2.05, 4.69) is 26.2 Å². The molecule has 2 aliphatic rings. The Morgan fingerprint density at radius 3 is 2.85 bits per heavy atom. The number of nitrogens with one attached hydrogen (secondary N) is 1. The molecule has 1 amide bonds. The molecule has 3 atom stereocenters. The maximum Gasteiger partial charge on any atom is 0.236 e. The monoisotopic (exact) mass is 467 g/mol. The summed E-state index contributed by atoms with van der Waals surface area (Å²) in [5, 5.41) is 2.91. The smallest absolute Gasteiger partial charge is 0.236 e. The summed E-state index contributed by atoms with van der Waals surface area (Å²) in [5.74, 6) is 1.41. The van der Waals surface area contributed by atoms with Crippen molar-refractivity contribution in [3.63, 3.8) is 0 Å². The number of ether oxygens (including phenoxy) is 1. The van der Waals surface area contributed by atoms with Gasteiger partial charge in [0.05, 0.1) is 17.9 Å². The fourth-order valence-corrected chi connectivity index (χ4v) is 5.70. The molecule has 0 bridgehead atoms. The van der Waals surface area contributed by atoms with Crippen molar-refractivity contribution in [1.29, 1.82) is 0 Å². The quantitative estimate of drug-likeness (QED) is 0.471. The van der Waals surface area contributed by atoms with Gasteiger partial charge in [-0.25, -0.2) is 14.4 Å². The third-order valence-electron chi connectivity index (χ3n) is 5.99. The highest BCUT2D eigenvalue weighted by molar-refractivity contribution is 8.15. The Morgan fingerprint density at radius 1 is 1.39 bits per heavy atom. The van der Waals surface area contributed by atoms with Crippen LogP contribution in [0.25, 0.3) is 0 Å². The zero-order valence-corrected chi connectivity index (χ0v) is 18.9. The van der Waals surface area contributed by atoms with Crippen LogP contribution in [0.2, 0.25) is 0 Å². The first kappa shape index (κ1) is 22.7. The van der Waals surface area contributed by atoms with Gasteiger partial charge in [0.15, 0.2) is 17.6 Å². The first-order valence-corrected chi connectivity index (χ1v) is 11.0. The first-order valence-electron chi connectivity index (χ1n) is 10.2. The molecule has 1 fully saturated rings. The summed E-state index contributed by atoms with van der Waals surface area (Å²) >= 11 is 1.22. The lowest BCUT2D eigenvalue weighted by molar-refractivity contribution is -0.121. The van der Waals surface area contributed by atoms with Gasteiger partial charge in [-0.2, -0.15) is 0 Å². The van der Waals surface area contributed by atoms with Gasteiger partial charge in [0.25, 0.3) is 0 Å². The lowest BCUT2D eigenvalue weighted by atomic mass is 9.84. The van der Waals surface area contributed by atoms with E-state index in [0.717, 1.165) is 0 Å². The van der Waals surface area contributed by atoms with Gasteiger partial charge < -0.3 is 15.8 Å². The predicted octanol–water partition coefficient (Wildman–Crippen LogP) is 1.83. The minimum absolute atomic E-state index is 0.0121. The molecule has 8 nitrogen and oxygen atoms in total. The number of amidine groups is 1. The number of aliphatic imine (C=N–C) groups is 1. The van der Waals surface area contributed by atoms with E-state index < -0.39 is 16.1 Å². The Hall–Kier alpha value is -3.45. The molecule has 2 heterocycles. The van der Waals surface area contributed by atoms with E-state index in [1.54, 1.807) is 26.1 Å². The number of hydrogen-bond acceptors (Lipinski definition) is 8. The number of amides is 1. The van der Waals surface area contributed by atoms with E-state index in [1.807, 2.05) is 0 Å². The fourth-order valence-electron chi connectivity index (χ4n) is 4.28. The number of nitrogens with two attached hydrogens (primary N) is 1. The molecule has 33 heavy (non-hydrogen) atoms. The van der Waals surface area contributed by atoms with E-state index in [4.69, 9.17) is 16.9 Å². The van der Waals surface area contributed by atoms with Gasteiger partial charge in [0, 0.05) is 24.9 Å². The minimum atomic E-state index is -1.03. The molecule has 0 saturated heterocycles. The van der Waals surface area contributed by atoms with E-state index in [9.17, 15) is 14.0 Å². The molecule has 0 spiro atoms. The molecule has 10 heteroatoms. The largest absolute Gasteiger partial charge is 0.463 e. The first-order chi connectivity index (χ1) is 15.7. The van der Waals surface area contributed by atoms with Crippen LogP contribution < -0.4 is 15.8 Å². The topological polar surface area (TPSA) is 120 Å². The zero-order valence-electron chi connectivity index (χ0n) is 18.1. The van der Waals surface area contributed by atoms with Crippen LogP contribution >= 0.6 is 11.8 Å². The Morgan fingerprint density at radius 2 is 2.18 bits per heavy atom. The normalized spacial score (nSPS) is 25.3.